The van der Waals surface area contributed by atoms with Crippen LogP contribution >= 0.6 is 0 Å². The van der Waals surface area contributed by atoms with Crippen LogP contribution in [0.1, 0.15) is 5.56 Å². The van der Waals surface area contributed by atoms with E-state index in [4.69, 9.17) is 5.11 Å². The van der Waals surface area contributed by atoms with E-state index in [9.17, 15) is 18.4 Å². The molecule has 1 aromatic rings. The average Bonchev–Trinajstić information content (AvgIpc) is 2.36. The number of alkyl halides is 2. The number of benzene rings is 1. The van der Waals surface area contributed by atoms with Gasteiger partial charge in [-0.2, -0.15) is 0 Å². The van der Waals surface area contributed by atoms with E-state index in [0.29, 0.717) is 11.3 Å². The molecule has 1 aromatic carbocycles. The molecule has 2 amide bonds. The van der Waals surface area contributed by atoms with E-state index < -0.39 is 25.0 Å². The Balaban J connectivity index is 2.71. The lowest BCUT2D eigenvalue weighted by Gasteiger charge is -2.17. The van der Waals surface area contributed by atoms with Gasteiger partial charge in [-0.1, -0.05) is 12.1 Å². The second-order valence-corrected chi connectivity index (χ2v) is 4.00. The third-order valence-corrected chi connectivity index (χ3v) is 2.31. The maximum absolute atomic E-state index is 12.1. The highest BCUT2D eigenvalue weighted by atomic mass is 19.3. The van der Waals surface area contributed by atoms with Gasteiger partial charge in [0.15, 0.2) is 0 Å². The first kappa shape index (κ1) is 15.6. The van der Waals surface area contributed by atoms with Gasteiger partial charge in [0.1, 0.15) is 0 Å². The summed E-state index contributed by atoms with van der Waals surface area (Å²) >= 11 is 0. The van der Waals surface area contributed by atoms with Crippen molar-refractivity contribution in [1.82, 2.24) is 4.90 Å². The topological polar surface area (TPSA) is 69.6 Å². The van der Waals surface area contributed by atoms with Gasteiger partial charge in [-0.15, -0.1) is 0 Å². The molecular weight excluding hydrogens is 270 g/mol. The fourth-order valence-corrected chi connectivity index (χ4v) is 1.40. The molecule has 0 spiro atoms. The van der Waals surface area contributed by atoms with Crippen LogP contribution < -0.4 is 5.32 Å². The molecule has 0 heterocycles. The number of hydrogen-bond acceptors (Lipinski definition) is 2. The minimum Gasteiger partial charge on any atom is -0.478 e. The standard InChI is InChI=1S/C13H14F2N2O3/c1-17(8-11(14)15)13(20)16-10-4-2-3-9(7-10)5-6-12(18)19/h2-7,11H,8H2,1H3,(H,16,20)(H,18,19)/b6-5+. The first-order valence-corrected chi connectivity index (χ1v) is 5.70. The highest BCUT2D eigenvalue weighted by molar-refractivity contribution is 5.90. The van der Waals surface area contributed by atoms with Crippen LogP contribution in [0.5, 0.6) is 0 Å². The number of nitrogens with zero attached hydrogens (tertiary/aromatic N) is 1. The lowest BCUT2D eigenvalue weighted by molar-refractivity contribution is -0.131. The third-order valence-electron chi connectivity index (χ3n) is 2.31. The molecule has 5 nitrogen and oxygen atoms in total. The van der Waals surface area contributed by atoms with E-state index >= 15 is 0 Å². The minimum atomic E-state index is -2.60. The van der Waals surface area contributed by atoms with Crippen molar-refractivity contribution >= 4 is 23.8 Å². The molecule has 0 aromatic heterocycles. The highest BCUT2D eigenvalue weighted by Crippen LogP contribution is 2.13. The van der Waals surface area contributed by atoms with Crippen LogP contribution in [0.2, 0.25) is 0 Å². The largest absolute Gasteiger partial charge is 0.478 e. The predicted molar refractivity (Wildman–Crippen MR) is 70.8 cm³/mol. The number of carboxylic acids is 1. The van der Waals surface area contributed by atoms with Gasteiger partial charge in [-0.05, 0) is 23.8 Å². The summed E-state index contributed by atoms with van der Waals surface area (Å²) in [5.41, 5.74) is 0.963. The summed E-state index contributed by atoms with van der Waals surface area (Å²) in [7, 11) is 1.26. The molecule has 0 radical (unpaired) electrons. The molecule has 0 atom stereocenters. The quantitative estimate of drug-likeness (QED) is 0.816. The SMILES string of the molecule is CN(CC(F)F)C(=O)Nc1cccc(/C=C/C(=O)O)c1. The Kier molecular flexibility index (Phi) is 5.64. The van der Waals surface area contributed by atoms with Gasteiger partial charge in [0, 0.05) is 18.8 Å². The van der Waals surface area contributed by atoms with Crippen molar-refractivity contribution in [3.05, 3.63) is 35.9 Å². The number of urea groups is 1. The molecule has 7 heteroatoms. The Bertz CT molecular complexity index is 518. The van der Waals surface area contributed by atoms with Crippen LogP contribution in [0.25, 0.3) is 6.08 Å². The van der Waals surface area contributed by atoms with Crippen molar-refractivity contribution in [2.24, 2.45) is 0 Å². The van der Waals surface area contributed by atoms with E-state index in [-0.39, 0.29) is 0 Å². The number of halogens is 2. The molecule has 0 aliphatic rings. The van der Waals surface area contributed by atoms with E-state index in [2.05, 4.69) is 5.32 Å². The Morgan fingerprint density at radius 2 is 2.15 bits per heavy atom. The van der Waals surface area contributed by atoms with Crippen LogP contribution in [0.4, 0.5) is 19.3 Å². The number of amides is 2. The molecule has 0 aliphatic carbocycles. The third kappa shape index (κ3) is 5.47. The normalized spacial score (nSPS) is 10.8. The molecule has 0 fully saturated rings. The first-order valence-electron chi connectivity index (χ1n) is 5.70. The summed E-state index contributed by atoms with van der Waals surface area (Å²) < 4.78 is 24.3. The van der Waals surface area contributed by atoms with Crippen LogP contribution in [0.3, 0.4) is 0 Å². The van der Waals surface area contributed by atoms with Gasteiger partial charge in [-0.25, -0.2) is 18.4 Å². The molecule has 108 valence electrons. The van der Waals surface area contributed by atoms with Crippen molar-refractivity contribution in [1.29, 1.82) is 0 Å². The predicted octanol–water partition coefficient (Wildman–Crippen LogP) is 2.51. The average molecular weight is 284 g/mol. The van der Waals surface area contributed by atoms with Crippen molar-refractivity contribution in [3.8, 4) is 0 Å². The van der Waals surface area contributed by atoms with Gasteiger partial charge >= 0.3 is 12.0 Å². The van der Waals surface area contributed by atoms with Gasteiger partial charge in [0.25, 0.3) is 6.43 Å². The van der Waals surface area contributed by atoms with E-state index in [1.807, 2.05) is 0 Å². The Hall–Kier alpha value is -2.44. The number of nitrogens with one attached hydrogen (secondary N) is 1. The molecule has 0 saturated carbocycles. The number of carboxylic acid groups (broad SMARTS) is 1. The maximum Gasteiger partial charge on any atom is 0.328 e. The summed E-state index contributed by atoms with van der Waals surface area (Å²) in [5.74, 6) is -1.09. The van der Waals surface area contributed by atoms with Gasteiger partial charge in [0.2, 0.25) is 0 Å². The Morgan fingerprint density at radius 1 is 1.45 bits per heavy atom. The van der Waals surface area contributed by atoms with Crippen LogP contribution in [-0.2, 0) is 4.79 Å². The van der Waals surface area contributed by atoms with Crippen LogP contribution in [-0.4, -0.2) is 42.0 Å². The number of rotatable bonds is 5. The molecule has 0 saturated heterocycles. The summed E-state index contributed by atoms with van der Waals surface area (Å²) in [6.45, 7) is -0.662. The summed E-state index contributed by atoms with van der Waals surface area (Å²) in [6, 6.07) is 5.71. The molecule has 1 rings (SSSR count). The molecule has 0 aliphatic heterocycles. The summed E-state index contributed by atoms with van der Waals surface area (Å²) in [5, 5.41) is 11.0. The fraction of sp³-hybridized carbons (Fsp3) is 0.231. The number of anilines is 1. The van der Waals surface area contributed by atoms with E-state index in [1.54, 1.807) is 18.2 Å². The summed E-state index contributed by atoms with van der Waals surface area (Å²) in [6.07, 6.45) is -0.277. The lowest BCUT2D eigenvalue weighted by Crippen LogP contribution is -2.34. The minimum absolute atomic E-state index is 0.392. The first-order chi connectivity index (χ1) is 9.38. The van der Waals surface area contributed by atoms with Crippen molar-refractivity contribution in [2.75, 3.05) is 18.9 Å². The maximum atomic E-state index is 12.1. The summed E-state index contributed by atoms with van der Waals surface area (Å²) in [4.78, 5) is 22.9. The Labute approximate surface area is 114 Å². The second-order valence-electron chi connectivity index (χ2n) is 4.00. The van der Waals surface area contributed by atoms with Gasteiger partial charge in [-0.3, -0.25) is 0 Å². The monoisotopic (exact) mass is 284 g/mol. The zero-order valence-electron chi connectivity index (χ0n) is 10.7. The van der Waals surface area contributed by atoms with Gasteiger partial charge in [0.05, 0.1) is 6.54 Å². The van der Waals surface area contributed by atoms with Gasteiger partial charge < -0.3 is 15.3 Å². The zero-order valence-corrected chi connectivity index (χ0v) is 10.7. The molecule has 2 N–H and O–H groups in total. The second kappa shape index (κ2) is 7.22. The van der Waals surface area contributed by atoms with Crippen molar-refractivity contribution < 1.29 is 23.5 Å². The molecule has 0 bridgehead atoms. The zero-order chi connectivity index (χ0) is 15.1. The molecule has 20 heavy (non-hydrogen) atoms. The number of aliphatic carboxylic acids is 1. The highest BCUT2D eigenvalue weighted by Gasteiger charge is 2.13. The number of carbonyl (C=O) groups is 2. The lowest BCUT2D eigenvalue weighted by atomic mass is 10.2. The van der Waals surface area contributed by atoms with Crippen LogP contribution in [0, 0.1) is 0 Å². The van der Waals surface area contributed by atoms with E-state index in [1.165, 1.54) is 19.2 Å². The van der Waals surface area contributed by atoms with Crippen molar-refractivity contribution in [3.63, 3.8) is 0 Å². The van der Waals surface area contributed by atoms with Crippen LogP contribution in [0.15, 0.2) is 30.3 Å². The van der Waals surface area contributed by atoms with Crippen molar-refractivity contribution in [2.45, 2.75) is 6.43 Å². The molecule has 0 unspecified atom stereocenters. The number of carbonyl (C=O) groups excluding carboxylic acids is 1. The molecular formula is C13H14F2N2O3. The fourth-order valence-electron chi connectivity index (χ4n) is 1.40. The van der Waals surface area contributed by atoms with E-state index in [0.717, 1.165) is 11.0 Å². The number of hydrogen-bond donors (Lipinski definition) is 2. The smallest absolute Gasteiger partial charge is 0.328 e. The Morgan fingerprint density at radius 3 is 2.75 bits per heavy atom.